The lowest BCUT2D eigenvalue weighted by molar-refractivity contribution is -0.122. The average molecular weight is 452 g/mol. The quantitative estimate of drug-likeness (QED) is 0.546. The Balaban J connectivity index is 1.27. The summed E-state index contributed by atoms with van der Waals surface area (Å²) in [7, 11) is 1.73. The average Bonchev–Trinajstić information content (AvgIpc) is 2.81. The molecule has 0 aliphatic carbocycles. The molecule has 1 saturated heterocycles. The number of nitrogens with zero attached hydrogens (tertiary/aromatic N) is 2. The molecule has 2 aromatic rings. The number of likely N-dealkylation sites (tertiary alicyclic amines) is 1. The van der Waals surface area contributed by atoms with Crippen LogP contribution in [0.3, 0.4) is 0 Å². The Morgan fingerprint density at radius 2 is 1.58 bits per heavy atom. The van der Waals surface area contributed by atoms with E-state index in [-0.39, 0.29) is 30.3 Å². The lowest BCUT2D eigenvalue weighted by Gasteiger charge is -2.31. The molecule has 0 saturated carbocycles. The van der Waals surface area contributed by atoms with E-state index >= 15 is 0 Å². The van der Waals surface area contributed by atoms with Gasteiger partial charge in [-0.05, 0) is 30.5 Å². The van der Waals surface area contributed by atoms with Crippen molar-refractivity contribution in [3.05, 3.63) is 66.2 Å². The molecule has 8 heteroatoms. The van der Waals surface area contributed by atoms with Crippen LogP contribution in [0.25, 0.3) is 0 Å². The van der Waals surface area contributed by atoms with Gasteiger partial charge in [-0.2, -0.15) is 0 Å². The molecule has 0 radical (unpaired) electrons. The van der Waals surface area contributed by atoms with Gasteiger partial charge in [0.1, 0.15) is 0 Å². The molecule has 33 heavy (non-hydrogen) atoms. The fourth-order valence-corrected chi connectivity index (χ4v) is 3.81. The number of hydrogen-bond acceptors (Lipinski definition) is 4. The van der Waals surface area contributed by atoms with Crippen LogP contribution in [0.1, 0.15) is 24.8 Å². The summed E-state index contributed by atoms with van der Waals surface area (Å²) in [5, 5.41) is 8.74. The molecule has 8 nitrogen and oxygen atoms in total. The molecule has 3 N–H and O–H groups in total. The number of anilines is 1. The molecule has 0 unspecified atom stereocenters. The Morgan fingerprint density at radius 1 is 0.939 bits per heavy atom. The minimum absolute atomic E-state index is 0.0309. The predicted molar refractivity (Wildman–Crippen MR) is 129 cm³/mol. The molecular formula is C25H33N5O3. The molecule has 1 heterocycles. The highest BCUT2D eigenvalue weighted by atomic mass is 16.2. The summed E-state index contributed by atoms with van der Waals surface area (Å²) in [4.78, 5) is 40.4. The van der Waals surface area contributed by atoms with E-state index in [1.165, 1.54) is 0 Å². The van der Waals surface area contributed by atoms with Crippen LogP contribution >= 0.6 is 0 Å². The van der Waals surface area contributed by atoms with Crippen LogP contribution in [0.4, 0.5) is 10.5 Å². The minimum atomic E-state index is -0.200. The number of rotatable bonds is 9. The first-order chi connectivity index (χ1) is 16.0. The van der Waals surface area contributed by atoms with E-state index in [1.54, 1.807) is 11.9 Å². The first-order valence-corrected chi connectivity index (χ1v) is 11.4. The maximum absolute atomic E-state index is 12.3. The van der Waals surface area contributed by atoms with E-state index in [1.807, 2.05) is 60.7 Å². The van der Waals surface area contributed by atoms with Gasteiger partial charge in [-0.1, -0.05) is 48.5 Å². The Morgan fingerprint density at radius 3 is 2.24 bits per heavy atom. The summed E-state index contributed by atoms with van der Waals surface area (Å²) in [5.41, 5.74) is 1.85. The van der Waals surface area contributed by atoms with Crippen LogP contribution < -0.4 is 16.0 Å². The number of carbonyl (C=O) groups excluding carboxylic acids is 3. The SMILES string of the molecule is CN(Cc1ccccc1)C(=O)NCCC(=O)NC1CCN(CC(=O)Nc2ccccc2)CC1. The summed E-state index contributed by atoms with van der Waals surface area (Å²) in [5.74, 6) is -0.0991. The smallest absolute Gasteiger partial charge is 0.317 e. The van der Waals surface area contributed by atoms with Gasteiger partial charge in [-0.15, -0.1) is 0 Å². The van der Waals surface area contributed by atoms with E-state index in [0.717, 1.165) is 37.2 Å². The second-order valence-electron chi connectivity index (χ2n) is 8.36. The second-order valence-corrected chi connectivity index (χ2v) is 8.36. The lowest BCUT2D eigenvalue weighted by Crippen LogP contribution is -2.47. The van der Waals surface area contributed by atoms with Gasteiger partial charge in [0, 0.05) is 51.4 Å². The highest BCUT2D eigenvalue weighted by molar-refractivity contribution is 5.92. The molecule has 4 amide bonds. The minimum Gasteiger partial charge on any atom is -0.353 e. The van der Waals surface area contributed by atoms with Crippen molar-refractivity contribution in [3.63, 3.8) is 0 Å². The number of amides is 4. The first kappa shape index (κ1) is 24.3. The largest absolute Gasteiger partial charge is 0.353 e. The first-order valence-electron chi connectivity index (χ1n) is 11.4. The van der Waals surface area contributed by atoms with Gasteiger partial charge in [0.2, 0.25) is 11.8 Å². The van der Waals surface area contributed by atoms with Crippen LogP contribution in [0.2, 0.25) is 0 Å². The highest BCUT2D eigenvalue weighted by Crippen LogP contribution is 2.11. The van der Waals surface area contributed by atoms with Crippen molar-refractivity contribution in [3.8, 4) is 0 Å². The molecule has 0 spiro atoms. The Bertz CT molecular complexity index is 899. The normalized spacial score (nSPS) is 14.3. The van der Waals surface area contributed by atoms with E-state index < -0.39 is 0 Å². The van der Waals surface area contributed by atoms with Gasteiger partial charge >= 0.3 is 6.03 Å². The fourth-order valence-electron chi connectivity index (χ4n) is 3.81. The standard InChI is InChI=1S/C25H33N5O3/c1-29(18-20-8-4-2-5-9-20)25(33)26-15-12-23(31)27-22-13-16-30(17-14-22)19-24(32)28-21-10-6-3-7-11-21/h2-11,22H,12-19H2,1H3,(H,26,33)(H,27,31)(H,28,32). The van der Waals surface area contributed by atoms with Crippen molar-refractivity contribution in [1.29, 1.82) is 0 Å². The molecule has 2 aromatic carbocycles. The molecule has 0 bridgehead atoms. The molecule has 0 atom stereocenters. The molecule has 3 rings (SSSR count). The van der Waals surface area contributed by atoms with E-state index in [4.69, 9.17) is 0 Å². The maximum Gasteiger partial charge on any atom is 0.317 e. The molecule has 1 aliphatic rings. The molecule has 176 valence electrons. The van der Waals surface area contributed by atoms with Crippen LogP contribution in [0.15, 0.2) is 60.7 Å². The van der Waals surface area contributed by atoms with Crippen molar-refractivity contribution in [2.75, 3.05) is 38.5 Å². The zero-order valence-electron chi connectivity index (χ0n) is 19.1. The van der Waals surface area contributed by atoms with Crippen molar-refractivity contribution >= 4 is 23.5 Å². The maximum atomic E-state index is 12.3. The van der Waals surface area contributed by atoms with E-state index in [2.05, 4.69) is 20.9 Å². The van der Waals surface area contributed by atoms with Crippen LogP contribution in [-0.2, 0) is 16.1 Å². The summed E-state index contributed by atoms with van der Waals surface area (Å²) in [6, 6.07) is 19.1. The number of benzene rings is 2. The number of carbonyl (C=O) groups is 3. The molecule has 1 aliphatic heterocycles. The van der Waals surface area contributed by atoms with Crippen molar-refractivity contribution in [2.24, 2.45) is 0 Å². The second kappa shape index (κ2) is 12.6. The Kier molecular flexibility index (Phi) is 9.26. The van der Waals surface area contributed by atoms with Gasteiger partial charge in [-0.25, -0.2) is 4.79 Å². The van der Waals surface area contributed by atoms with E-state index in [0.29, 0.717) is 19.6 Å². The van der Waals surface area contributed by atoms with Gasteiger partial charge < -0.3 is 20.9 Å². The predicted octanol–water partition coefficient (Wildman–Crippen LogP) is 2.44. The van der Waals surface area contributed by atoms with Crippen molar-refractivity contribution in [2.45, 2.75) is 31.8 Å². The summed E-state index contributed by atoms with van der Waals surface area (Å²) in [6.07, 6.45) is 1.84. The van der Waals surface area contributed by atoms with Gasteiger partial charge in [0.25, 0.3) is 0 Å². The molecular weight excluding hydrogens is 418 g/mol. The number of urea groups is 1. The van der Waals surface area contributed by atoms with Crippen LogP contribution in [0.5, 0.6) is 0 Å². The van der Waals surface area contributed by atoms with Gasteiger partial charge in [0.15, 0.2) is 0 Å². The number of nitrogens with one attached hydrogen (secondary N) is 3. The van der Waals surface area contributed by atoms with Gasteiger partial charge in [0.05, 0.1) is 6.54 Å². The summed E-state index contributed by atoms with van der Waals surface area (Å²) >= 11 is 0. The zero-order valence-corrected chi connectivity index (χ0v) is 19.1. The van der Waals surface area contributed by atoms with Crippen molar-refractivity contribution < 1.29 is 14.4 Å². The number of para-hydroxylation sites is 1. The summed E-state index contributed by atoms with van der Waals surface area (Å²) < 4.78 is 0. The molecule has 1 fully saturated rings. The Hall–Kier alpha value is -3.39. The van der Waals surface area contributed by atoms with Gasteiger partial charge in [-0.3, -0.25) is 14.5 Å². The third-order valence-electron chi connectivity index (χ3n) is 5.62. The number of hydrogen-bond donors (Lipinski definition) is 3. The zero-order chi connectivity index (χ0) is 23.5. The third kappa shape index (κ3) is 8.57. The topological polar surface area (TPSA) is 93.8 Å². The highest BCUT2D eigenvalue weighted by Gasteiger charge is 2.22. The van der Waals surface area contributed by atoms with Crippen LogP contribution in [0, 0.1) is 0 Å². The number of piperidine rings is 1. The summed E-state index contributed by atoms with van der Waals surface area (Å²) in [6.45, 7) is 2.67. The Labute approximate surface area is 195 Å². The fraction of sp³-hybridized carbons (Fsp3) is 0.400. The van der Waals surface area contributed by atoms with E-state index in [9.17, 15) is 14.4 Å². The third-order valence-corrected chi connectivity index (χ3v) is 5.62. The molecule has 0 aromatic heterocycles. The van der Waals surface area contributed by atoms with Crippen molar-refractivity contribution in [1.82, 2.24) is 20.4 Å². The monoisotopic (exact) mass is 451 g/mol. The lowest BCUT2D eigenvalue weighted by atomic mass is 10.0. The van der Waals surface area contributed by atoms with Crippen LogP contribution in [-0.4, -0.2) is 66.9 Å².